The third-order valence-electron chi connectivity index (χ3n) is 2.34. The average Bonchev–Trinajstić information content (AvgIpc) is 2.20. The van der Waals surface area contributed by atoms with E-state index in [4.69, 9.17) is 0 Å². The highest BCUT2D eigenvalue weighted by molar-refractivity contribution is 5.94. The van der Waals surface area contributed by atoms with Gasteiger partial charge in [0.15, 0.2) is 0 Å². The Hall–Kier alpha value is -1.44. The summed E-state index contributed by atoms with van der Waals surface area (Å²) in [5, 5.41) is 0. The zero-order chi connectivity index (χ0) is 13.6. The van der Waals surface area contributed by atoms with E-state index < -0.39 is 0 Å². The molecule has 0 aliphatic rings. The summed E-state index contributed by atoms with van der Waals surface area (Å²) >= 11 is 0. The molecule has 0 bridgehead atoms. The maximum Gasteiger partial charge on any atom is 0.119 e. The van der Waals surface area contributed by atoms with Crippen LogP contribution in [-0.2, 0) is 0 Å². The Labute approximate surface area is 106 Å². The molecule has 0 amide bonds. The highest BCUT2D eigenvalue weighted by Crippen LogP contribution is 2.30. The summed E-state index contributed by atoms with van der Waals surface area (Å²) in [7, 11) is 1.72. The molecule has 0 aliphatic heterocycles. The first-order chi connectivity index (χ1) is 7.68. The van der Waals surface area contributed by atoms with Crippen LogP contribution in [0.4, 0.5) is 0 Å². The molecule has 0 rings (SSSR count). The Kier molecular flexibility index (Phi) is 5.80. The van der Waals surface area contributed by atoms with E-state index in [2.05, 4.69) is 43.9 Å². The fourth-order valence-corrected chi connectivity index (χ4v) is 1.44. The van der Waals surface area contributed by atoms with Gasteiger partial charge < -0.3 is 0 Å². The van der Waals surface area contributed by atoms with E-state index in [1.165, 1.54) is 5.57 Å². The summed E-state index contributed by atoms with van der Waals surface area (Å²) in [6.07, 6.45) is 3.77. The van der Waals surface area contributed by atoms with Gasteiger partial charge in [0.05, 0.1) is 0 Å². The molecule has 0 saturated heterocycles. The predicted octanol–water partition coefficient (Wildman–Crippen LogP) is 4.21. The van der Waals surface area contributed by atoms with Crippen molar-refractivity contribution in [3.8, 4) is 0 Å². The Morgan fingerprint density at radius 1 is 1.12 bits per heavy atom. The van der Waals surface area contributed by atoms with Crippen molar-refractivity contribution in [1.29, 1.82) is 0 Å². The number of aliphatic imine (C=N–C) groups is 2. The van der Waals surface area contributed by atoms with E-state index in [1.807, 2.05) is 19.9 Å². The summed E-state index contributed by atoms with van der Waals surface area (Å²) in [5.41, 5.74) is 3.19. The molecular formula is C15H24N2. The molecule has 0 heterocycles. The van der Waals surface area contributed by atoms with E-state index in [0.29, 0.717) is 0 Å². The number of amidine groups is 1. The summed E-state index contributed by atoms with van der Waals surface area (Å²) in [6.45, 7) is 18.3. The van der Waals surface area contributed by atoms with Crippen LogP contribution in [0.1, 0.15) is 34.6 Å². The van der Waals surface area contributed by atoms with Crippen LogP contribution in [0.2, 0.25) is 0 Å². The van der Waals surface area contributed by atoms with Crippen LogP contribution >= 0.6 is 0 Å². The lowest BCUT2D eigenvalue weighted by atomic mass is 9.82. The lowest BCUT2D eigenvalue weighted by molar-refractivity contribution is 0.511. The fourth-order valence-electron chi connectivity index (χ4n) is 1.44. The molecule has 2 heteroatoms. The zero-order valence-electron chi connectivity index (χ0n) is 12.0. The van der Waals surface area contributed by atoms with Crippen LogP contribution in [0.5, 0.6) is 0 Å². The maximum atomic E-state index is 4.19. The van der Waals surface area contributed by atoms with Crippen molar-refractivity contribution >= 4 is 12.1 Å². The van der Waals surface area contributed by atoms with Crippen molar-refractivity contribution in [2.75, 3.05) is 7.05 Å². The highest BCUT2D eigenvalue weighted by atomic mass is 14.9. The fraction of sp³-hybridized carbons (Fsp3) is 0.467. The Morgan fingerprint density at radius 3 is 2.00 bits per heavy atom. The van der Waals surface area contributed by atoms with Gasteiger partial charge in [-0.1, -0.05) is 45.6 Å². The minimum Gasteiger partial charge on any atom is -0.274 e. The van der Waals surface area contributed by atoms with Crippen LogP contribution in [-0.4, -0.2) is 19.1 Å². The number of rotatable bonds is 3. The highest BCUT2D eigenvalue weighted by Gasteiger charge is 2.17. The minimum atomic E-state index is 0.0660. The van der Waals surface area contributed by atoms with Gasteiger partial charge in [-0.2, -0.15) is 0 Å². The molecule has 0 saturated carbocycles. The maximum absolute atomic E-state index is 4.19. The molecule has 0 aromatic carbocycles. The molecule has 0 fully saturated rings. The van der Waals surface area contributed by atoms with Gasteiger partial charge in [-0.05, 0) is 30.4 Å². The Bertz CT molecular complexity index is 388. The van der Waals surface area contributed by atoms with E-state index in [0.717, 1.165) is 17.0 Å². The molecule has 0 aromatic heterocycles. The van der Waals surface area contributed by atoms with Gasteiger partial charge in [-0.15, -0.1) is 0 Å². The van der Waals surface area contributed by atoms with Gasteiger partial charge >= 0.3 is 0 Å². The first-order valence-electron chi connectivity index (χ1n) is 5.73. The van der Waals surface area contributed by atoms with Crippen molar-refractivity contribution in [2.45, 2.75) is 34.6 Å². The largest absolute Gasteiger partial charge is 0.274 e. The van der Waals surface area contributed by atoms with Crippen LogP contribution in [0.25, 0.3) is 0 Å². The first kappa shape index (κ1) is 15.6. The molecule has 0 spiro atoms. The van der Waals surface area contributed by atoms with Crippen molar-refractivity contribution in [2.24, 2.45) is 15.4 Å². The topological polar surface area (TPSA) is 24.7 Å². The van der Waals surface area contributed by atoms with Crippen LogP contribution in [0, 0.1) is 5.41 Å². The molecule has 94 valence electrons. The molecule has 0 radical (unpaired) electrons. The van der Waals surface area contributed by atoms with Gasteiger partial charge in [0, 0.05) is 13.3 Å². The van der Waals surface area contributed by atoms with Gasteiger partial charge in [-0.3, -0.25) is 4.99 Å². The van der Waals surface area contributed by atoms with Gasteiger partial charge in [0.25, 0.3) is 0 Å². The first-order valence-corrected chi connectivity index (χ1v) is 5.73. The zero-order valence-corrected chi connectivity index (χ0v) is 12.0. The van der Waals surface area contributed by atoms with Gasteiger partial charge in [0.1, 0.15) is 5.84 Å². The number of allylic oxidation sites excluding steroid dienone is 4. The monoisotopic (exact) mass is 232 g/mol. The second-order valence-corrected chi connectivity index (χ2v) is 5.19. The second kappa shape index (κ2) is 6.33. The van der Waals surface area contributed by atoms with E-state index >= 15 is 0 Å². The minimum absolute atomic E-state index is 0.0660. The molecule has 0 atom stereocenters. The van der Waals surface area contributed by atoms with Crippen molar-refractivity contribution < 1.29 is 0 Å². The Balaban J connectivity index is 5.05. The SMILES string of the molecule is C=C(/C=C(\C(=C)C)C(C)(C)C)/C=N/C(C)=N\C. The molecule has 2 nitrogen and oxygen atoms in total. The summed E-state index contributed by atoms with van der Waals surface area (Å²) in [4.78, 5) is 8.15. The van der Waals surface area contributed by atoms with Crippen molar-refractivity contribution in [3.63, 3.8) is 0 Å². The summed E-state index contributed by atoms with van der Waals surface area (Å²) in [6, 6.07) is 0. The normalized spacial score (nSPS) is 14.2. The molecule has 0 aliphatic carbocycles. The summed E-state index contributed by atoms with van der Waals surface area (Å²) in [5.74, 6) is 0.743. The van der Waals surface area contributed by atoms with Crippen molar-refractivity contribution in [1.82, 2.24) is 0 Å². The molecule has 0 N–H and O–H groups in total. The standard InChI is InChI=1S/C15H24N2/c1-11(2)14(15(5,6)7)9-12(3)10-17-13(4)16-8/h9-10H,1,3H2,2,4-8H3/b14-9+,16-13-,17-10+. The molecule has 0 aromatic rings. The van der Waals surface area contributed by atoms with E-state index in [1.54, 1.807) is 13.3 Å². The third-order valence-corrected chi connectivity index (χ3v) is 2.34. The number of nitrogens with zero attached hydrogens (tertiary/aromatic N) is 2. The van der Waals surface area contributed by atoms with Crippen LogP contribution in [0.3, 0.4) is 0 Å². The summed E-state index contributed by atoms with van der Waals surface area (Å²) < 4.78 is 0. The number of hydrogen-bond acceptors (Lipinski definition) is 1. The molecular weight excluding hydrogens is 208 g/mol. The molecule has 0 unspecified atom stereocenters. The van der Waals surface area contributed by atoms with Crippen LogP contribution < -0.4 is 0 Å². The second-order valence-electron chi connectivity index (χ2n) is 5.19. The van der Waals surface area contributed by atoms with Crippen LogP contribution in [0.15, 0.2) is 45.9 Å². The third kappa shape index (κ3) is 6.00. The lowest BCUT2D eigenvalue weighted by Crippen LogP contribution is -2.10. The Morgan fingerprint density at radius 2 is 1.65 bits per heavy atom. The quantitative estimate of drug-likeness (QED) is 0.395. The molecule has 17 heavy (non-hydrogen) atoms. The van der Waals surface area contributed by atoms with Gasteiger partial charge in [-0.25, -0.2) is 4.99 Å². The van der Waals surface area contributed by atoms with E-state index in [9.17, 15) is 0 Å². The predicted molar refractivity (Wildman–Crippen MR) is 79.0 cm³/mol. The smallest absolute Gasteiger partial charge is 0.119 e. The number of hydrogen-bond donors (Lipinski definition) is 0. The van der Waals surface area contributed by atoms with E-state index in [-0.39, 0.29) is 5.41 Å². The van der Waals surface area contributed by atoms with Gasteiger partial charge in [0.2, 0.25) is 0 Å². The van der Waals surface area contributed by atoms with Crippen molar-refractivity contribution in [3.05, 3.63) is 36.0 Å². The average molecular weight is 232 g/mol. The lowest BCUT2D eigenvalue weighted by Gasteiger charge is -2.23.